The van der Waals surface area contributed by atoms with Crippen LogP contribution in [-0.2, 0) is 6.42 Å². The van der Waals surface area contributed by atoms with E-state index in [2.05, 4.69) is 19.9 Å². The molecule has 0 aromatic carbocycles. The van der Waals surface area contributed by atoms with E-state index in [-0.39, 0.29) is 5.56 Å². The van der Waals surface area contributed by atoms with Gasteiger partial charge in [-0.1, -0.05) is 0 Å². The van der Waals surface area contributed by atoms with Crippen molar-refractivity contribution >= 4 is 11.8 Å². The monoisotopic (exact) mass is 263 g/mol. The Bertz CT molecular complexity index is 581. The van der Waals surface area contributed by atoms with Gasteiger partial charge in [0.15, 0.2) is 10.3 Å². The highest BCUT2D eigenvalue weighted by Crippen LogP contribution is 2.19. The molecule has 2 heterocycles. The lowest BCUT2D eigenvalue weighted by molar-refractivity contribution is 0.870. The van der Waals surface area contributed by atoms with E-state index in [4.69, 9.17) is 5.73 Å². The van der Waals surface area contributed by atoms with Gasteiger partial charge in [-0.05, 0) is 37.2 Å². The number of aryl methyl sites for hydroxylation is 1. The molecule has 2 aromatic rings. The van der Waals surface area contributed by atoms with E-state index in [1.807, 2.05) is 0 Å². The Labute approximate surface area is 108 Å². The maximum atomic E-state index is 11.3. The molecule has 6 nitrogen and oxygen atoms in total. The lowest BCUT2D eigenvalue weighted by atomic mass is 10.2. The molecule has 7 heteroatoms. The predicted molar refractivity (Wildman–Crippen MR) is 68.5 cm³/mol. The molecule has 0 unspecified atom stereocenters. The average Bonchev–Trinajstić information content (AvgIpc) is 2.31. The molecule has 0 aliphatic rings. The van der Waals surface area contributed by atoms with Crippen LogP contribution in [-0.4, -0.2) is 26.5 Å². The van der Waals surface area contributed by atoms with Crippen LogP contribution in [0.3, 0.4) is 0 Å². The van der Waals surface area contributed by atoms with Crippen molar-refractivity contribution in [3.8, 4) is 0 Å². The van der Waals surface area contributed by atoms with Crippen molar-refractivity contribution in [2.45, 2.75) is 23.7 Å². The SMILES string of the molecule is Cc1cc(=O)[nH]c(Sc2ncc(CCN)cn2)n1. The number of nitrogens with zero attached hydrogens (tertiary/aromatic N) is 3. The molecule has 0 saturated carbocycles. The summed E-state index contributed by atoms with van der Waals surface area (Å²) >= 11 is 1.22. The van der Waals surface area contributed by atoms with Gasteiger partial charge in [0.2, 0.25) is 0 Å². The third kappa shape index (κ3) is 3.38. The van der Waals surface area contributed by atoms with Gasteiger partial charge in [-0.3, -0.25) is 4.79 Å². The summed E-state index contributed by atoms with van der Waals surface area (Å²) in [5, 5.41) is 1.04. The summed E-state index contributed by atoms with van der Waals surface area (Å²) in [7, 11) is 0. The fourth-order valence-corrected chi connectivity index (χ4v) is 2.10. The molecule has 3 N–H and O–H groups in total. The summed E-state index contributed by atoms with van der Waals surface area (Å²) in [5.74, 6) is 0. The summed E-state index contributed by atoms with van der Waals surface area (Å²) < 4.78 is 0. The molecule has 0 radical (unpaired) electrons. The number of nitrogens with one attached hydrogen (secondary N) is 1. The first kappa shape index (κ1) is 12.7. The Morgan fingerprint density at radius 2 is 2.11 bits per heavy atom. The minimum absolute atomic E-state index is 0.176. The number of aromatic amines is 1. The molecule has 0 atom stereocenters. The Morgan fingerprint density at radius 1 is 1.39 bits per heavy atom. The van der Waals surface area contributed by atoms with Crippen molar-refractivity contribution in [2.75, 3.05) is 6.54 Å². The molecule has 0 saturated heterocycles. The number of aromatic nitrogens is 4. The fraction of sp³-hybridized carbons (Fsp3) is 0.273. The summed E-state index contributed by atoms with van der Waals surface area (Å²) in [4.78, 5) is 26.5. The molecular formula is C11H13N5OS. The zero-order valence-electron chi connectivity index (χ0n) is 9.88. The van der Waals surface area contributed by atoms with Crippen molar-refractivity contribution in [1.82, 2.24) is 19.9 Å². The van der Waals surface area contributed by atoms with Crippen LogP contribution >= 0.6 is 11.8 Å². The summed E-state index contributed by atoms with van der Waals surface area (Å²) in [6.07, 6.45) is 4.22. The Morgan fingerprint density at radius 3 is 2.72 bits per heavy atom. The van der Waals surface area contributed by atoms with Crippen LogP contribution in [0.25, 0.3) is 0 Å². The van der Waals surface area contributed by atoms with Gasteiger partial charge in [-0.25, -0.2) is 15.0 Å². The van der Waals surface area contributed by atoms with E-state index in [9.17, 15) is 4.79 Å². The molecule has 0 fully saturated rings. The molecule has 0 aliphatic heterocycles. The summed E-state index contributed by atoms with van der Waals surface area (Å²) in [6.45, 7) is 2.34. The summed E-state index contributed by atoms with van der Waals surface area (Å²) in [6, 6.07) is 1.44. The minimum Gasteiger partial charge on any atom is -0.330 e. The normalized spacial score (nSPS) is 10.6. The highest BCUT2D eigenvalue weighted by atomic mass is 32.2. The maximum absolute atomic E-state index is 11.3. The van der Waals surface area contributed by atoms with Gasteiger partial charge in [-0.15, -0.1) is 0 Å². The standard InChI is InChI=1S/C11H13N5OS/c1-7-4-9(17)16-11(15-7)18-10-13-5-8(2-3-12)6-14-10/h4-6H,2-3,12H2,1H3,(H,15,16,17). The van der Waals surface area contributed by atoms with Gasteiger partial charge in [0.1, 0.15) is 0 Å². The minimum atomic E-state index is -0.176. The molecule has 94 valence electrons. The van der Waals surface area contributed by atoms with Crippen LogP contribution in [0, 0.1) is 6.92 Å². The lowest BCUT2D eigenvalue weighted by Gasteiger charge is -2.01. The number of hydrogen-bond acceptors (Lipinski definition) is 6. The maximum Gasteiger partial charge on any atom is 0.251 e. The number of nitrogens with two attached hydrogens (primary N) is 1. The molecule has 2 aromatic heterocycles. The Balaban J connectivity index is 2.15. The van der Waals surface area contributed by atoms with E-state index in [1.165, 1.54) is 17.8 Å². The van der Waals surface area contributed by atoms with Crippen molar-refractivity contribution in [2.24, 2.45) is 5.73 Å². The second-order valence-electron chi connectivity index (χ2n) is 3.71. The summed E-state index contributed by atoms with van der Waals surface area (Å²) in [5.41, 5.74) is 6.93. The molecule has 0 bridgehead atoms. The van der Waals surface area contributed by atoms with Crippen molar-refractivity contribution in [1.29, 1.82) is 0 Å². The first-order valence-electron chi connectivity index (χ1n) is 5.44. The third-order valence-corrected chi connectivity index (χ3v) is 2.93. The van der Waals surface area contributed by atoms with Crippen LogP contribution < -0.4 is 11.3 Å². The van der Waals surface area contributed by atoms with Gasteiger partial charge >= 0.3 is 0 Å². The van der Waals surface area contributed by atoms with Gasteiger partial charge < -0.3 is 10.7 Å². The first-order chi connectivity index (χ1) is 8.67. The van der Waals surface area contributed by atoms with E-state index < -0.39 is 0 Å². The zero-order chi connectivity index (χ0) is 13.0. The molecular weight excluding hydrogens is 250 g/mol. The Hall–Kier alpha value is -1.73. The lowest BCUT2D eigenvalue weighted by Crippen LogP contribution is -2.08. The molecule has 0 aliphatic carbocycles. The van der Waals surface area contributed by atoms with E-state index in [0.29, 0.717) is 22.6 Å². The van der Waals surface area contributed by atoms with E-state index in [1.54, 1.807) is 19.3 Å². The van der Waals surface area contributed by atoms with Gasteiger partial charge in [0.05, 0.1) is 0 Å². The Kier molecular flexibility index (Phi) is 4.06. The van der Waals surface area contributed by atoms with Gasteiger partial charge in [0, 0.05) is 24.2 Å². The molecule has 0 amide bonds. The zero-order valence-corrected chi connectivity index (χ0v) is 10.7. The highest BCUT2D eigenvalue weighted by molar-refractivity contribution is 7.99. The van der Waals surface area contributed by atoms with E-state index in [0.717, 1.165) is 12.0 Å². The third-order valence-electron chi connectivity index (χ3n) is 2.15. The van der Waals surface area contributed by atoms with Gasteiger partial charge in [0.25, 0.3) is 5.56 Å². The average molecular weight is 263 g/mol. The molecule has 0 spiro atoms. The quantitative estimate of drug-likeness (QED) is 0.780. The number of hydrogen-bond donors (Lipinski definition) is 2. The molecule has 2 rings (SSSR count). The van der Waals surface area contributed by atoms with Crippen LogP contribution in [0.15, 0.2) is 33.6 Å². The predicted octanol–water partition coefficient (Wildman–Crippen LogP) is 0.521. The van der Waals surface area contributed by atoms with Crippen LogP contribution in [0.2, 0.25) is 0 Å². The largest absolute Gasteiger partial charge is 0.330 e. The smallest absolute Gasteiger partial charge is 0.251 e. The second-order valence-corrected chi connectivity index (χ2v) is 4.66. The van der Waals surface area contributed by atoms with Crippen LogP contribution in [0.5, 0.6) is 0 Å². The number of H-pyrrole nitrogens is 1. The first-order valence-corrected chi connectivity index (χ1v) is 6.26. The topological polar surface area (TPSA) is 97.5 Å². The van der Waals surface area contributed by atoms with Crippen molar-refractivity contribution in [3.05, 3.63) is 40.1 Å². The van der Waals surface area contributed by atoms with Gasteiger partial charge in [-0.2, -0.15) is 0 Å². The highest BCUT2D eigenvalue weighted by Gasteiger charge is 2.04. The second kappa shape index (κ2) is 5.74. The van der Waals surface area contributed by atoms with Crippen molar-refractivity contribution < 1.29 is 0 Å². The van der Waals surface area contributed by atoms with E-state index >= 15 is 0 Å². The fourth-order valence-electron chi connectivity index (χ4n) is 1.38. The van der Waals surface area contributed by atoms with Crippen LogP contribution in [0.4, 0.5) is 0 Å². The van der Waals surface area contributed by atoms with Crippen LogP contribution in [0.1, 0.15) is 11.3 Å². The molecule has 18 heavy (non-hydrogen) atoms. The van der Waals surface area contributed by atoms with Crippen molar-refractivity contribution in [3.63, 3.8) is 0 Å². The number of rotatable bonds is 4.